The summed E-state index contributed by atoms with van der Waals surface area (Å²) in [6, 6.07) is 9.63. The van der Waals surface area contributed by atoms with E-state index in [4.69, 9.17) is 26.8 Å². The summed E-state index contributed by atoms with van der Waals surface area (Å²) in [7, 11) is 0. The zero-order chi connectivity index (χ0) is 19.0. The normalized spacial score (nSPS) is 11.0. The number of thioether (sulfide) groups is 1. The molecule has 0 saturated carbocycles. The van der Waals surface area contributed by atoms with E-state index < -0.39 is 0 Å². The van der Waals surface area contributed by atoms with Gasteiger partial charge in [0.15, 0.2) is 5.82 Å². The van der Waals surface area contributed by atoms with Gasteiger partial charge < -0.3 is 0 Å². The van der Waals surface area contributed by atoms with E-state index in [2.05, 4.69) is 17.0 Å². The summed E-state index contributed by atoms with van der Waals surface area (Å²) in [5.74, 6) is 2.08. The van der Waals surface area contributed by atoms with Crippen molar-refractivity contribution in [1.82, 2.24) is 24.7 Å². The average molecular weight is 413 g/mol. The van der Waals surface area contributed by atoms with Crippen molar-refractivity contribution in [3.05, 3.63) is 57.7 Å². The Morgan fingerprint density at radius 3 is 2.70 bits per heavy atom. The number of halogens is 1. The quantitative estimate of drug-likeness (QED) is 0.451. The molecule has 0 radical (unpaired) electrons. The second kappa shape index (κ2) is 7.27. The molecule has 134 valence electrons. The second-order valence-electron chi connectivity index (χ2n) is 5.79. The molecule has 4 rings (SSSR count). The standard InChI is InChI=1S/C18H13ClN6S2/c1-10-11(2)27-18-16(10)17(25-9-21-14(7-20)24-25)22-15(23-18)8-26-13-5-3-12(19)4-6-13/h3-6,9H,8H2,1-2H3. The highest BCUT2D eigenvalue weighted by molar-refractivity contribution is 7.98. The fourth-order valence-corrected chi connectivity index (χ4v) is 4.52. The number of benzene rings is 1. The molecule has 0 fully saturated rings. The minimum atomic E-state index is 0.114. The molecule has 0 bridgehead atoms. The molecule has 0 unspecified atom stereocenters. The first kappa shape index (κ1) is 17.9. The van der Waals surface area contributed by atoms with E-state index in [1.54, 1.807) is 27.8 Å². The van der Waals surface area contributed by atoms with Crippen molar-refractivity contribution in [2.45, 2.75) is 24.5 Å². The first-order chi connectivity index (χ1) is 13.0. The minimum Gasteiger partial charge on any atom is -0.221 e. The van der Waals surface area contributed by atoms with Gasteiger partial charge in [0.25, 0.3) is 5.82 Å². The molecular weight excluding hydrogens is 400 g/mol. The van der Waals surface area contributed by atoms with Gasteiger partial charge in [-0.1, -0.05) is 11.6 Å². The van der Waals surface area contributed by atoms with Gasteiger partial charge in [-0.25, -0.2) is 19.6 Å². The van der Waals surface area contributed by atoms with Crippen LogP contribution in [0, 0.1) is 25.2 Å². The smallest absolute Gasteiger partial charge is 0.221 e. The predicted molar refractivity (Wildman–Crippen MR) is 108 cm³/mol. The number of hydrogen-bond acceptors (Lipinski definition) is 7. The first-order valence-electron chi connectivity index (χ1n) is 8.02. The van der Waals surface area contributed by atoms with Crippen LogP contribution in [0.3, 0.4) is 0 Å². The molecule has 4 aromatic rings. The van der Waals surface area contributed by atoms with Gasteiger partial charge in [0, 0.05) is 14.8 Å². The first-order valence-corrected chi connectivity index (χ1v) is 10.2. The Labute approximate surface area is 168 Å². The zero-order valence-electron chi connectivity index (χ0n) is 14.5. The van der Waals surface area contributed by atoms with Gasteiger partial charge in [0.2, 0.25) is 0 Å². The molecule has 9 heteroatoms. The summed E-state index contributed by atoms with van der Waals surface area (Å²) < 4.78 is 1.55. The summed E-state index contributed by atoms with van der Waals surface area (Å²) in [6.07, 6.45) is 1.52. The van der Waals surface area contributed by atoms with E-state index in [0.29, 0.717) is 22.4 Å². The van der Waals surface area contributed by atoms with Crippen molar-refractivity contribution in [2.24, 2.45) is 0 Å². The van der Waals surface area contributed by atoms with Crippen molar-refractivity contribution < 1.29 is 0 Å². The van der Waals surface area contributed by atoms with Crippen molar-refractivity contribution in [3.63, 3.8) is 0 Å². The predicted octanol–water partition coefficient (Wildman–Crippen LogP) is 4.71. The molecule has 0 spiro atoms. The molecule has 0 aliphatic rings. The number of aryl methyl sites for hydroxylation is 2. The molecule has 0 aliphatic heterocycles. The van der Waals surface area contributed by atoms with Crippen molar-refractivity contribution in [2.75, 3.05) is 0 Å². The number of aromatic nitrogens is 5. The van der Waals surface area contributed by atoms with Gasteiger partial charge in [-0.05, 0) is 43.7 Å². The van der Waals surface area contributed by atoms with E-state index in [1.807, 2.05) is 37.3 Å². The summed E-state index contributed by atoms with van der Waals surface area (Å²) in [6.45, 7) is 4.11. The highest BCUT2D eigenvalue weighted by Gasteiger charge is 2.17. The lowest BCUT2D eigenvalue weighted by Gasteiger charge is -2.07. The Balaban J connectivity index is 1.75. The number of hydrogen-bond donors (Lipinski definition) is 0. The molecule has 0 N–H and O–H groups in total. The number of rotatable bonds is 4. The summed E-state index contributed by atoms with van der Waals surface area (Å²) in [5, 5.41) is 14.9. The van der Waals surface area contributed by atoms with Gasteiger partial charge in [-0.15, -0.1) is 28.2 Å². The SMILES string of the molecule is Cc1sc2nc(CSc3ccc(Cl)cc3)nc(-n3cnc(C#N)n3)c2c1C. The maximum absolute atomic E-state index is 9.02. The van der Waals surface area contributed by atoms with E-state index >= 15 is 0 Å². The van der Waals surface area contributed by atoms with Crippen LogP contribution in [0.25, 0.3) is 16.0 Å². The number of nitriles is 1. The number of fused-ring (bicyclic) bond motifs is 1. The molecule has 3 aromatic heterocycles. The molecule has 6 nitrogen and oxygen atoms in total. The molecule has 0 saturated heterocycles. The van der Waals surface area contributed by atoms with E-state index in [0.717, 1.165) is 20.7 Å². The summed E-state index contributed by atoms with van der Waals surface area (Å²) in [5.41, 5.74) is 1.12. The Morgan fingerprint density at radius 1 is 1.22 bits per heavy atom. The highest BCUT2D eigenvalue weighted by Crippen LogP contribution is 2.33. The van der Waals surface area contributed by atoms with Crippen molar-refractivity contribution >= 4 is 44.9 Å². The van der Waals surface area contributed by atoms with Gasteiger partial charge in [0.05, 0.1) is 11.1 Å². The van der Waals surface area contributed by atoms with E-state index in [9.17, 15) is 0 Å². The van der Waals surface area contributed by atoms with Crippen molar-refractivity contribution in [3.8, 4) is 11.9 Å². The molecule has 0 aliphatic carbocycles. The molecular formula is C18H13ClN6S2. The van der Waals surface area contributed by atoms with E-state index in [1.165, 1.54) is 11.2 Å². The lowest BCUT2D eigenvalue weighted by atomic mass is 10.2. The van der Waals surface area contributed by atoms with Gasteiger partial charge in [-0.3, -0.25) is 0 Å². The van der Waals surface area contributed by atoms with Crippen LogP contribution in [0.2, 0.25) is 5.02 Å². The Morgan fingerprint density at radius 2 is 2.00 bits per heavy atom. The summed E-state index contributed by atoms with van der Waals surface area (Å²) in [4.78, 5) is 16.7. The number of nitrogens with zero attached hydrogens (tertiary/aromatic N) is 6. The monoisotopic (exact) mass is 412 g/mol. The van der Waals surface area contributed by atoms with Crippen LogP contribution in [-0.4, -0.2) is 24.7 Å². The van der Waals surface area contributed by atoms with E-state index in [-0.39, 0.29) is 5.82 Å². The Kier molecular flexibility index (Phi) is 4.83. The topological polar surface area (TPSA) is 80.3 Å². The van der Waals surface area contributed by atoms with Gasteiger partial charge >= 0.3 is 0 Å². The molecule has 27 heavy (non-hydrogen) atoms. The van der Waals surface area contributed by atoms with Gasteiger partial charge in [-0.2, -0.15) is 5.26 Å². The minimum absolute atomic E-state index is 0.114. The zero-order valence-corrected chi connectivity index (χ0v) is 16.9. The molecule has 1 aromatic carbocycles. The van der Waals surface area contributed by atoms with Crippen LogP contribution < -0.4 is 0 Å². The fourth-order valence-electron chi connectivity index (χ4n) is 2.60. The fraction of sp³-hybridized carbons (Fsp3) is 0.167. The lowest BCUT2D eigenvalue weighted by Crippen LogP contribution is -2.04. The average Bonchev–Trinajstić information content (AvgIpc) is 3.26. The maximum atomic E-state index is 9.02. The molecule has 0 atom stereocenters. The third-order valence-electron chi connectivity index (χ3n) is 4.05. The third-order valence-corrected chi connectivity index (χ3v) is 6.41. The van der Waals surface area contributed by atoms with Crippen LogP contribution in [0.1, 0.15) is 22.1 Å². The maximum Gasteiger partial charge on any atom is 0.252 e. The van der Waals surface area contributed by atoms with Crippen LogP contribution in [0.15, 0.2) is 35.5 Å². The van der Waals surface area contributed by atoms with Crippen LogP contribution in [0.4, 0.5) is 0 Å². The van der Waals surface area contributed by atoms with Crippen molar-refractivity contribution in [1.29, 1.82) is 5.26 Å². The Bertz CT molecular complexity index is 1170. The highest BCUT2D eigenvalue weighted by atomic mass is 35.5. The Hall–Kier alpha value is -2.47. The number of thiophene rings is 1. The van der Waals surface area contributed by atoms with Gasteiger partial charge in [0.1, 0.15) is 23.1 Å². The third kappa shape index (κ3) is 3.54. The van der Waals surface area contributed by atoms with Crippen LogP contribution in [-0.2, 0) is 5.75 Å². The second-order valence-corrected chi connectivity index (χ2v) is 8.48. The lowest BCUT2D eigenvalue weighted by molar-refractivity contribution is 0.834. The van der Waals surface area contributed by atoms with Crippen LogP contribution in [0.5, 0.6) is 0 Å². The largest absolute Gasteiger partial charge is 0.252 e. The summed E-state index contributed by atoms with van der Waals surface area (Å²) >= 11 is 9.22. The molecule has 0 amide bonds. The molecule has 3 heterocycles. The van der Waals surface area contributed by atoms with Crippen LogP contribution >= 0.6 is 34.7 Å².